The molecule has 0 aliphatic carbocycles. The highest BCUT2D eigenvalue weighted by Crippen LogP contribution is 2.27. The van der Waals surface area contributed by atoms with Crippen LogP contribution < -0.4 is 15.0 Å². The highest BCUT2D eigenvalue weighted by molar-refractivity contribution is 7.20. The van der Waals surface area contributed by atoms with E-state index in [1.807, 2.05) is 61.5 Å². The number of hydrogen-bond acceptors (Lipinski definition) is 7. The lowest BCUT2D eigenvalue weighted by Crippen LogP contribution is -2.21. The van der Waals surface area contributed by atoms with Gasteiger partial charge in [-0.1, -0.05) is 30.3 Å². The summed E-state index contributed by atoms with van der Waals surface area (Å²) in [4.78, 5) is 31.0. The number of aryl methyl sites for hydroxylation is 3. The third-order valence-electron chi connectivity index (χ3n) is 5.48. The second kappa shape index (κ2) is 11.7. The molecule has 182 valence electrons. The molecule has 0 spiro atoms. The van der Waals surface area contributed by atoms with Crippen LogP contribution in [-0.2, 0) is 11.3 Å². The zero-order valence-corrected chi connectivity index (χ0v) is 20.7. The molecular formula is C27H28N2O5S. The molecule has 0 amide bonds. The number of rotatable bonds is 11. The number of unbranched alkanes of at least 4 members (excludes halogenated alkanes) is 1. The number of benzene rings is 2. The summed E-state index contributed by atoms with van der Waals surface area (Å²) in [6, 6.07) is 17.3. The number of ether oxygens (including phenoxy) is 3. The number of carbonyl (C=O) groups is 1. The molecule has 0 saturated carbocycles. The minimum absolute atomic E-state index is 0.115. The van der Waals surface area contributed by atoms with Crippen LogP contribution in [0.15, 0.2) is 65.7 Å². The lowest BCUT2D eigenvalue weighted by Gasteiger charge is -2.08. The zero-order valence-electron chi connectivity index (χ0n) is 19.9. The summed E-state index contributed by atoms with van der Waals surface area (Å²) in [5.74, 6) is 1.10. The fraction of sp³-hybridized carbons (Fsp3) is 0.296. The molecule has 0 fully saturated rings. The van der Waals surface area contributed by atoms with Crippen LogP contribution in [0.2, 0.25) is 0 Å². The number of fused-ring (bicyclic) bond motifs is 1. The Hall–Kier alpha value is -3.65. The summed E-state index contributed by atoms with van der Waals surface area (Å²) < 4.78 is 18.3. The van der Waals surface area contributed by atoms with E-state index >= 15 is 0 Å². The molecule has 0 unspecified atom stereocenters. The van der Waals surface area contributed by atoms with Crippen molar-refractivity contribution in [1.29, 1.82) is 0 Å². The van der Waals surface area contributed by atoms with Crippen molar-refractivity contribution in [3.63, 3.8) is 0 Å². The van der Waals surface area contributed by atoms with Crippen molar-refractivity contribution >= 4 is 27.5 Å². The van der Waals surface area contributed by atoms with Crippen LogP contribution in [0.5, 0.6) is 11.5 Å². The van der Waals surface area contributed by atoms with Crippen LogP contribution in [0, 0.1) is 13.8 Å². The molecule has 2 aromatic carbocycles. The number of hydrogen-bond donors (Lipinski definition) is 0. The average molecular weight is 493 g/mol. The van der Waals surface area contributed by atoms with Gasteiger partial charge in [-0.05, 0) is 62.1 Å². The normalized spacial score (nSPS) is 10.9. The maximum atomic E-state index is 13.1. The minimum Gasteiger partial charge on any atom is -0.494 e. The van der Waals surface area contributed by atoms with Crippen molar-refractivity contribution in [2.24, 2.45) is 0 Å². The summed E-state index contributed by atoms with van der Waals surface area (Å²) in [6.07, 6.45) is 3.13. The molecule has 4 rings (SSSR count). The predicted octanol–water partition coefficient (Wildman–Crippen LogP) is 5.17. The van der Waals surface area contributed by atoms with Crippen LogP contribution in [0.3, 0.4) is 0 Å². The van der Waals surface area contributed by atoms with Gasteiger partial charge in [0.1, 0.15) is 34.4 Å². The van der Waals surface area contributed by atoms with Crippen LogP contribution in [-0.4, -0.2) is 35.3 Å². The van der Waals surface area contributed by atoms with Crippen LogP contribution in [0.1, 0.15) is 33.6 Å². The molecule has 4 aromatic rings. The van der Waals surface area contributed by atoms with Gasteiger partial charge in [-0.15, -0.1) is 11.3 Å². The number of esters is 1. The molecule has 0 aliphatic rings. The summed E-state index contributed by atoms with van der Waals surface area (Å²) in [5.41, 5.74) is 1.62. The maximum absolute atomic E-state index is 13.1. The number of aromatic nitrogens is 2. The number of carbonyl (C=O) groups excluding carboxylic acids is 1. The van der Waals surface area contributed by atoms with Crippen molar-refractivity contribution < 1.29 is 19.0 Å². The fourth-order valence-electron chi connectivity index (χ4n) is 3.67. The second-order valence-electron chi connectivity index (χ2n) is 8.15. The zero-order chi connectivity index (χ0) is 24.6. The van der Waals surface area contributed by atoms with Crippen molar-refractivity contribution in [2.75, 3.05) is 19.8 Å². The van der Waals surface area contributed by atoms with Gasteiger partial charge in [0.15, 0.2) is 0 Å². The van der Waals surface area contributed by atoms with Gasteiger partial charge in [-0.2, -0.15) is 0 Å². The van der Waals surface area contributed by atoms with Gasteiger partial charge in [-0.25, -0.2) is 9.78 Å². The molecule has 0 saturated heterocycles. The Kier molecular flexibility index (Phi) is 8.15. The number of thiophene rings is 1. The van der Waals surface area contributed by atoms with E-state index in [0.717, 1.165) is 24.2 Å². The third-order valence-corrected chi connectivity index (χ3v) is 6.66. The van der Waals surface area contributed by atoms with E-state index in [1.165, 1.54) is 11.3 Å². The highest BCUT2D eigenvalue weighted by Gasteiger charge is 2.20. The average Bonchev–Trinajstić information content (AvgIpc) is 3.20. The summed E-state index contributed by atoms with van der Waals surface area (Å²) in [5, 5.41) is 0.473. The van der Waals surface area contributed by atoms with Gasteiger partial charge in [-0.3, -0.25) is 9.36 Å². The molecule has 0 atom stereocenters. The molecule has 2 aromatic heterocycles. The Morgan fingerprint density at radius 1 is 0.943 bits per heavy atom. The van der Waals surface area contributed by atoms with Crippen molar-refractivity contribution in [2.45, 2.75) is 33.2 Å². The first kappa shape index (κ1) is 24.5. The molecule has 0 radical (unpaired) electrons. The standard InChI is InChI=1S/C27H28N2O5S/c1-19-9-8-12-22(17-19)32-14-7-6-13-29-18-28-25-23(26(29)30)20(2)24(35-25)27(31)34-16-15-33-21-10-4-3-5-11-21/h3-5,8-12,17-18H,6-7,13-16H2,1-2H3. The first-order chi connectivity index (χ1) is 17.0. The minimum atomic E-state index is -0.471. The molecular weight excluding hydrogens is 464 g/mol. The van der Waals surface area contributed by atoms with Crippen molar-refractivity contribution in [3.8, 4) is 11.5 Å². The highest BCUT2D eigenvalue weighted by atomic mass is 32.1. The van der Waals surface area contributed by atoms with E-state index in [1.54, 1.807) is 17.8 Å². The van der Waals surface area contributed by atoms with Gasteiger partial charge < -0.3 is 14.2 Å². The smallest absolute Gasteiger partial charge is 0.348 e. The van der Waals surface area contributed by atoms with E-state index in [4.69, 9.17) is 14.2 Å². The number of para-hydroxylation sites is 1. The first-order valence-corrected chi connectivity index (χ1v) is 12.4. The third kappa shape index (κ3) is 6.27. The van der Waals surface area contributed by atoms with Crippen molar-refractivity contribution in [1.82, 2.24) is 9.55 Å². The Morgan fingerprint density at radius 3 is 2.51 bits per heavy atom. The van der Waals surface area contributed by atoms with Gasteiger partial charge >= 0.3 is 5.97 Å². The SMILES string of the molecule is Cc1cccc(OCCCCn2cnc3sc(C(=O)OCCOc4ccccc4)c(C)c3c2=O)c1. The van der Waals surface area contributed by atoms with E-state index in [9.17, 15) is 9.59 Å². The largest absolute Gasteiger partial charge is 0.494 e. The van der Waals surface area contributed by atoms with E-state index in [2.05, 4.69) is 4.98 Å². The second-order valence-corrected chi connectivity index (χ2v) is 9.15. The van der Waals surface area contributed by atoms with Crippen molar-refractivity contribution in [3.05, 3.63) is 87.3 Å². The molecule has 0 N–H and O–H groups in total. The summed E-state index contributed by atoms with van der Waals surface area (Å²) in [7, 11) is 0. The Bertz CT molecular complexity index is 1350. The lowest BCUT2D eigenvalue weighted by atomic mass is 10.2. The van der Waals surface area contributed by atoms with E-state index in [-0.39, 0.29) is 18.8 Å². The molecule has 0 aliphatic heterocycles. The Morgan fingerprint density at radius 2 is 1.71 bits per heavy atom. The van der Waals surface area contributed by atoms with Crippen LogP contribution in [0.25, 0.3) is 10.2 Å². The van der Waals surface area contributed by atoms with Crippen LogP contribution >= 0.6 is 11.3 Å². The van der Waals surface area contributed by atoms with Gasteiger partial charge in [0.05, 0.1) is 18.3 Å². The maximum Gasteiger partial charge on any atom is 0.348 e. The summed E-state index contributed by atoms with van der Waals surface area (Å²) in [6.45, 7) is 5.27. The quantitative estimate of drug-likeness (QED) is 0.212. The molecule has 35 heavy (non-hydrogen) atoms. The number of nitrogens with zero attached hydrogens (tertiary/aromatic N) is 2. The van der Waals surface area contributed by atoms with Gasteiger partial charge in [0, 0.05) is 6.54 Å². The molecule has 7 nitrogen and oxygen atoms in total. The molecule has 8 heteroatoms. The molecule has 0 bridgehead atoms. The van der Waals surface area contributed by atoms with Crippen LogP contribution in [0.4, 0.5) is 0 Å². The fourth-order valence-corrected chi connectivity index (χ4v) is 4.70. The predicted molar refractivity (Wildman–Crippen MR) is 137 cm³/mol. The topological polar surface area (TPSA) is 79.7 Å². The first-order valence-electron chi connectivity index (χ1n) is 11.6. The Labute approximate surface area is 207 Å². The lowest BCUT2D eigenvalue weighted by molar-refractivity contribution is 0.0455. The molecule has 2 heterocycles. The monoisotopic (exact) mass is 492 g/mol. The Balaban J connectivity index is 1.31. The van der Waals surface area contributed by atoms with Gasteiger partial charge in [0.25, 0.3) is 5.56 Å². The summed E-state index contributed by atoms with van der Waals surface area (Å²) >= 11 is 1.18. The van der Waals surface area contributed by atoms with E-state index < -0.39 is 5.97 Å². The van der Waals surface area contributed by atoms with E-state index in [0.29, 0.717) is 39.6 Å². The van der Waals surface area contributed by atoms with Gasteiger partial charge in [0.2, 0.25) is 0 Å².